The number of primary amides is 1. The number of Topliss-reactive ketones (excluding diaryl/α,β-unsaturated/α-hetero) is 2. The van der Waals surface area contributed by atoms with Crippen LogP contribution in [0.3, 0.4) is 0 Å². The number of likely N-dealkylation sites (N-methyl/N-ethyl adjacent to an activating group) is 1. The molecule has 3 aromatic rings. The Morgan fingerprint density at radius 2 is 1.72 bits per heavy atom. The van der Waals surface area contributed by atoms with Gasteiger partial charge in [0.25, 0.3) is 5.91 Å². The number of ether oxygens (including phenoxy) is 2. The normalized spacial score (nSPS) is 21.0. The van der Waals surface area contributed by atoms with Crippen molar-refractivity contribution < 1.29 is 62.7 Å². The van der Waals surface area contributed by atoms with Crippen molar-refractivity contribution in [1.82, 2.24) is 9.80 Å². The lowest BCUT2D eigenvalue weighted by molar-refractivity contribution is -0.153. The molecule has 60 heavy (non-hydrogen) atoms. The number of hydrogen-bond acceptors (Lipinski definition) is 16. The molecule has 3 aliphatic rings. The Morgan fingerprint density at radius 3 is 2.32 bits per heavy atom. The van der Waals surface area contributed by atoms with Crippen molar-refractivity contribution >= 4 is 46.6 Å². The first kappa shape index (κ1) is 43.0. The van der Waals surface area contributed by atoms with Crippen LogP contribution in [-0.4, -0.2) is 120 Å². The van der Waals surface area contributed by atoms with Gasteiger partial charge in [-0.25, -0.2) is 9.59 Å². The molecule has 19 heteroatoms. The number of hydrogen-bond donors (Lipinski definition) is 6. The minimum atomic E-state index is -2.83. The van der Waals surface area contributed by atoms with Crippen molar-refractivity contribution in [3.05, 3.63) is 74.7 Å². The number of amides is 3. The number of benzene rings is 2. The Balaban J connectivity index is 1.28. The van der Waals surface area contributed by atoms with Crippen molar-refractivity contribution in [3.63, 3.8) is 0 Å². The van der Waals surface area contributed by atoms with Crippen LogP contribution < -0.4 is 26.5 Å². The predicted molar refractivity (Wildman–Crippen MR) is 213 cm³/mol. The Hall–Kier alpha value is -6.60. The molecule has 1 heterocycles. The molecule has 1 aromatic heterocycles. The Kier molecular flexibility index (Phi) is 11.9. The second-order valence-electron chi connectivity index (χ2n) is 15.3. The van der Waals surface area contributed by atoms with Crippen LogP contribution in [0.1, 0.15) is 43.1 Å². The smallest absolute Gasteiger partial charge is 0.508 e. The maximum absolute atomic E-state index is 14.3. The SMILES string of the molecule is CCCCN(CC(=O)Nc1cc(N(C)C)c2c(c1O)C(O)=C1C(=O)[C@]3(O)C(O)=C(C(N)=O)C(=O)[C@@H](N(C)C)C3CC1C2)C(=O)OCc1oc(=O)oc1-c1ccc(OC)cc1. The van der Waals surface area contributed by atoms with Crippen LogP contribution in [-0.2, 0) is 36.9 Å². The topological polar surface area (TPSA) is 276 Å². The highest BCUT2D eigenvalue weighted by molar-refractivity contribution is 6.24. The van der Waals surface area contributed by atoms with Gasteiger partial charge in [-0.05, 0) is 75.2 Å². The number of phenolic OH excluding ortho intramolecular Hbond substituents is 1. The van der Waals surface area contributed by atoms with Crippen molar-refractivity contribution in [2.45, 2.75) is 50.9 Å². The molecule has 3 amide bonds. The zero-order chi connectivity index (χ0) is 44.0. The fraction of sp³-hybridized carbons (Fsp3) is 0.415. The number of carbonyl (C=O) groups excluding carboxylic acids is 5. The number of anilines is 2. The summed E-state index contributed by atoms with van der Waals surface area (Å²) < 4.78 is 20.9. The fourth-order valence-corrected chi connectivity index (χ4v) is 8.32. The molecule has 0 saturated heterocycles. The van der Waals surface area contributed by atoms with E-state index in [1.54, 1.807) is 43.3 Å². The number of unbranched alkanes of at least 4 members (excludes halogenated alkanes) is 1. The maximum atomic E-state index is 14.3. The van der Waals surface area contributed by atoms with Crippen molar-refractivity contribution in [2.75, 3.05) is 58.6 Å². The molecule has 19 nitrogen and oxygen atoms in total. The Morgan fingerprint density at radius 1 is 1.03 bits per heavy atom. The summed E-state index contributed by atoms with van der Waals surface area (Å²) in [6.07, 6.45) is 0.127. The van der Waals surface area contributed by atoms with Crippen LogP contribution in [0.15, 0.2) is 60.9 Å². The third-order valence-electron chi connectivity index (χ3n) is 11.2. The lowest BCUT2D eigenvalue weighted by Crippen LogP contribution is -2.65. The van der Waals surface area contributed by atoms with Gasteiger partial charge in [-0.2, -0.15) is 0 Å². The maximum Gasteiger partial charge on any atom is 0.519 e. The van der Waals surface area contributed by atoms with E-state index in [9.17, 15) is 49.2 Å². The van der Waals surface area contributed by atoms with E-state index in [4.69, 9.17) is 24.0 Å². The number of methoxy groups -OCH3 is 1. The molecule has 4 atom stereocenters. The van der Waals surface area contributed by atoms with Gasteiger partial charge in [-0.1, -0.05) is 13.3 Å². The summed E-state index contributed by atoms with van der Waals surface area (Å²) in [6.45, 7) is 0.890. The van der Waals surface area contributed by atoms with Gasteiger partial charge in [-0.15, -0.1) is 0 Å². The number of rotatable bonds is 13. The minimum absolute atomic E-state index is 0.0252. The number of aliphatic hydroxyl groups excluding tert-OH is 2. The number of nitrogens with two attached hydrogens (primary N) is 1. The van der Waals surface area contributed by atoms with Gasteiger partial charge in [-0.3, -0.25) is 29.0 Å². The molecular formula is C41H47N5O14. The lowest BCUT2D eigenvalue weighted by Gasteiger charge is -2.50. The Labute approximate surface area is 343 Å². The molecule has 0 spiro atoms. The van der Waals surface area contributed by atoms with Gasteiger partial charge in [0.1, 0.15) is 35.1 Å². The number of aromatic hydroxyl groups is 1. The van der Waals surface area contributed by atoms with Crippen LogP contribution in [0.25, 0.3) is 17.1 Å². The van der Waals surface area contributed by atoms with E-state index in [2.05, 4.69) is 5.32 Å². The highest BCUT2D eigenvalue weighted by Crippen LogP contribution is 2.54. The molecule has 0 radical (unpaired) electrons. The molecule has 3 aliphatic carbocycles. The lowest BCUT2D eigenvalue weighted by atomic mass is 9.57. The van der Waals surface area contributed by atoms with Gasteiger partial charge >= 0.3 is 11.9 Å². The second kappa shape index (κ2) is 16.6. The highest BCUT2D eigenvalue weighted by Gasteiger charge is 2.64. The van der Waals surface area contributed by atoms with Crippen LogP contribution >= 0.6 is 0 Å². The molecule has 0 bridgehead atoms. The summed E-state index contributed by atoms with van der Waals surface area (Å²) in [5, 5.41) is 49.2. The van der Waals surface area contributed by atoms with Gasteiger partial charge in [0, 0.05) is 43.4 Å². The molecule has 1 fully saturated rings. The third kappa shape index (κ3) is 7.45. The average Bonchev–Trinajstić information content (AvgIpc) is 3.57. The average molecular weight is 834 g/mol. The van der Waals surface area contributed by atoms with E-state index in [0.717, 1.165) is 4.90 Å². The molecule has 320 valence electrons. The van der Waals surface area contributed by atoms with Crippen LogP contribution in [0, 0.1) is 11.8 Å². The number of aliphatic hydroxyl groups is 3. The molecular weight excluding hydrogens is 786 g/mol. The summed E-state index contributed by atoms with van der Waals surface area (Å²) in [7, 11) is 7.88. The van der Waals surface area contributed by atoms with E-state index in [-0.39, 0.29) is 47.7 Å². The molecule has 0 aliphatic heterocycles. The van der Waals surface area contributed by atoms with E-state index in [1.165, 1.54) is 32.2 Å². The molecule has 7 N–H and O–H groups in total. The molecule has 1 saturated carbocycles. The second-order valence-corrected chi connectivity index (χ2v) is 15.3. The van der Waals surface area contributed by atoms with E-state index in [0.29, 0.717) is 35.4 Å². The Bertz CT molecular complexity index is 2380. The quantitative estimate of drug-likeness (QED) is 0.107. The summed E-state index contributed by atoms with van der Waals surface area (Å²) in [5.74, 6) is -9.31. The number of fused-ring (bicyclic) bond motifs is 3. The van der Waals surface area contributed by atoms with Gasteiger partial charge in [0.05, 0.1) is 24.4 Å². The van der Waals surface area contributed by atoms with Gasteiger partial charge in [0.2, 0.25) is 11.7 Å². The summed E-state index contributed by atoms with van der Waals surface area (Å²) in [6, 6.07) is 6.75. The van der Waals surface area contributed by atoms with Crippen molar-refractivity contribution in [3.8, 4) is 22.8 Å². The molecule has 2 aromatic carbocycles. The standard InChI is InChI=1S/C41H47N5O14/c1-7-8-13-46(39(54)58-18-26-35(60-40(55)59-26)19-9-11-21(57-6)12-10-19)17-27(47)43-24-16-25(44(2)3)22-14-20-15-23-31(45(4)5)34(50)30(38(42)53)37(52)41(23,56)36(51)28(20)33(49)29(22)32(24)48/h9-12,16,20,23,31,48-49,52,56H,7-8,13-15,17-18H2,1-6H3,(H2,42,53)(H,43,47)/t20?,23?,31-,41-/m0/s1. The van der Waals surface area contributed by atoms with E-state index in [1.807, 2.05) is 6.92 Å². The monoisotopic (exact) mass is 833 g/mol. The number of nitrogens with one attached hydrogen (secondary N) is 1. The first-order valence-electron chi connectivity index (χ1n) is 19.0. The van der Waals surface area contributed by atoms with Crippen LogP contribution in [0.5, 0.6) is 11.5 Å². The first-order chi connectivity index (χ1) is 28.3. The minimum Gasteiger partial charge on any atom is -0.508 e. The largest absolute Gasteiger partial charge is 0.519 e. The third-order valence-corrected chi connectivity index (χ3v) is 11.2. The fourth-order valence-electron chi connectivity index (χ4n) is 8.32. The van der Waals surface area contributed by atoms with Crippen molar-refractivity contribution in [1.29, 1.82) is 0 Å². The number of carbonyl (C=O) groups is 5. The van der Waals surface area contributed by atoms with Gasteiger partial charge < -0.3 is 54.7 Å². The van der Waals surface area contributed by atoms with Crippen LogP contribution in [0.2, 0.25) is 0 Å². The first-order valence-corrected chi connectivity index (χ1v) is 19.0. The van der Waals surface area contributed by atoms with Crippen molar-refractivity contribution in [2.24, 2.45) is 17.6 Å². The summed E-state index contributed by atoms with van der Waals surface area (Å²) in [5.41, 5.74) is 2.15. The zero-order valence-electron chi connectivity index (χ0n) is 33.9. The molecule has 6 rings (SSSR count). The highest BCUT2D eigenvalue weighted by atomic mass is 16.6. The van der Waals surface area contributed by atoms with Crippen LogP contribution in [0.4, 0.5) is 16.2 Å². The predicted octanol–water partition coefficient (Wildman–Crippen LogP) is 2.63. The van der Waals surface area contributed by atoms with E-state index < -0.39 is 94.8 Å². The summed E-state index contributed by atoms with van der Waals surface area (Å²) >= 11 is 0. The molecule has 2 unspecified atom stereocenters. The zero-order valence-corrected chi connectivity index (χ0v) is 33.9. The van der Waals surface area contributed by atoms with E-state index >= 15 is 0 Å². The summed E-state index contributed by atoms with van der Waals surface area (Å²) in [4.78, 5) is 83.3. The number of nitrogens with zero attached hydrogens (tertiary/aromatic N) is 3. The van der Waals surface area contributed by atoms with Gasteiger partial charge in [0.15, 0.2) is 29.5 Å². The number of ketones is 2. The number of phenols is 1.